The fourth-order valence-corrected chi connectivity index (χ4v) is 1.96. The van der Waals surface area contributed by atoms with Gasteiger partial charge < -0.3 is 9.84 Å². The summed E-state index contributed by atoms with van der Waals surface area (Å²) in [5, 5.41) is 10.1. The van der Waals surface area contributed by atoms with Crippen molar-refractivity contribution in [2.75, 3.05) is 7.11 Å². The number of rotatable bonds is 6. The highest BCUT2D eigenvalue weighted by atomic mass is 16.5. The van der Waals surface area contributed by atoms with Crippen LogP contribution in [0.4, 0.5) is 0 Å². The van der Waals surface area contributed by atoms with E-state index in [1.807, 2.05) is 30.3 Å². The van der Waals surface area contributed by atoms with E-state index in [0.717, 1.165) is 11.3 Å². The summed E-state index contributed by atoms with van der Waals surface area (Å²) in [5.41, 5.74) is 1.67. The summed E-state index contributed by atoms with van der Waals surface area (Å²) in [4.78, 5) is 11.9. The lowest BCUT2D eigenvalue weighted by Gasteiger charge is -2.09. The Bertz CT molecular complexity index is 600. The molecule has 2 aromatic carbocycles. The van der Waals surface area contributed by atoms with Crippen LogP contribution >= 0.6 is 0 Å². The average Bonchev–Trinajstić information content (AvgIpc) is 2.54. The van der Waals surface area contributed by atoms with Crippen LogP contribution in [0.3, 0.4) is 0 Å². The second-order valence-corrected chi connectivity index (χ2v) is 4.70. The maximum atomic E-state index is 11.9. The molecular formula is C18H18O3. The Labute approximate surface area is 124 Å². The van der Waals surface area contributed by atoms with Gasteiger partial charge in [0.25, 0.3) is 0 Å². The lowest BCUT2D eigenvalue weighted by Crippen LogP contribution is -2.04. The van der Waals surface area contributed by atoms with Crippen molar-refractivity contribution >= 4 is 11.9 Å². The molecule has 0 saturated carbocycles. The molecule has 0 bridgehead atoms. The Balaban J connectivity index is 1.93. The molecule has 0 radical (unpaired) electrons. The maximum Gasteiger partial charge on any atom is 0.158 e. The van der Waals surface area contributed by atoms with Gasteiger partial charge in [-0.25, -0.2) is 0 Å². The molecule has 3 nitrogen and oxygen atoms in total. The van der Waals surface area contributed by atoms with E-state index in [-0.39, 0.29) is 12.2 Å². The summed E-state index contributed by atoms with van der Waals surface area (Å²) in [6.07, 6.45) is 2.52. The fraction of sp³-hybridized carbons (Fsp3) is 0.167. The Morgan fingerprint density at radius 3 is 2.43 bits per heavy atom. The first-order valence-electron chi connectivity index (χ1n) is 6.77. The number of benzene rings is 2. The van der Waals surface area contributed by atoms with Crippen molar-refractivity contribution in [3.8, 4) is 5.75 Å². The zero-order chi connectivity index (χ0) is 15.1. The normalized spacial score (nSPS) is 12.3. The van der Waals surface area contributed by atoms with Crippen LogP contribution in [0, 0.1) is 0 Å². The van der Waals surface area contributed by atoms with E-state index < -0.39 is 6.10 Å². The number of aliphatic hydroxyl groups excluding tert-OH is 1. The highest BCUT2D eigenvalue weighted by Gasteiger charge is 2.11. The molecule has 0 spiro atoms. The van der Waals surface area contributed by atoms with Gasteiger partial charge in [-0.05, 0) is 29.3 Å². The predicted molar refractivity (Wildman–Crippen MR) is 83.1 cm³/mol. The molecule has 0 aliphatic heterocycles. The van der Waals surface area contributed by atoms with Crippen LogP contribution in [-0.4, -0.2) is 18.0 Å². The van der Waals surface area contributed by atoms with E-state index in [1.165, 1.54) is 6.08 Å². The van der Waals surface area contributed by atoms with Crippen molar-refractivity contribution in [3.05, 3.63) is 71.8 Å². The minimum absolute atomic E-state index is 0.0651. The largest absolute Gasteiger partial charge is 0.497 e. The highest BCUT2D eigenvalue weighted by molar-refractivity contribution is 5.93. The number of hydrogen-bond acceptors (Lipinski definition) is 3. The van der Waals surface area contributed by atoms with Crippen LogP contribution < -0.4 is 4.74 Å². The first-order valence-corrected chi connectivity index (χ1v) is 6.77. The van der Waals surface area contributed by atoms with Gasteiger partial charge in [-0.3, -0.25) is 4.79 Å². The minimum atomic E-state index is -0.802. The number of ether oxygens (including phenoxy) is 1. The van der Waals surface area contributed by atoms with Crippen molar-refractivity contribution in [1.82, 2.24) is 0 Å². The summed E-state index contributed by atoms with van der Waals surface area (Å²) in [7, 11) is 1.59. The monoisotopic (exact) mass is 282 g/mol. The van der Waals surface area contributed by atoms with Gasteiger partial charge in [-0.15, -0.1) is 0 Å². The number of hydrogen-bond donors (Lipinski definition) is 1. The lowest BCUT2D eigenvalue weighted by atomic mass is 10.0. The number of methoxy groups -OCH3 is 1. The molecule has 0 saturated heterocycles. The van der Waals surface area contributed by atoms with E-state index in [9.17, 15) is 9.90 Å². The number of allylic oxidation sites excluding steroid dienone is 1. The van der Waals surface area contributed by atoms with Crippen LogP contribution in [0.25, 0.3) is 6.08 Å². The molecular weight excluding hydrogens is 264 g/mol. The topological polar surface area (TPSA) is 46.5 Å². The van der Waals surface area contributed by atoms with Crippen LogP contribution in [0.15, 0.2) is 60.7 Å². The van der Waals surface area contributed by atoms with Gasteiger partial charge in [0.2, 0.25) is 0 Å². The van der Waals surface area contributed by atoms with Crippen molar-refractivity contribution in [1.29, 1.82) is 0 Å². The molecule has 108 valence electrons. The molecule has 0 unspecified atom stereocenters. The number of carbonyl (C=O) groups is 1. The van der Waals surface area contributed by atoms with Gasteiger partial charge in [0, 0.05) is 6.42 Å². The molecule has 1 atom stereocenters. The van der Waals surface area contributed by atoms with Crippen molar-refractivity contribution in [2.24, 2.45) is 0 Å². The summed E-state index contributed by atoms with van der Waals surface area (Å²) in [6, 6.07) is 16.6. The molecule has 1 N–H and O–H groups in total. The molecule has 0 amide bonds. The van der Waals surface area contributed by atoms with E-state index in [4.69, 9.17) is 4.74 Å². The highest BCUT2D eigenvalue weighted by Crippen LogP contribution is 2.20. The number of carbonyl (C=O) groups excluding carboxylic acids is 1. The zero-order valence-corrected chi connectivity index (χ0v) is 11.9. The van der Waals surface area contributed by atoms with E-state index in [0.29, 0.717) is 5.56 Å². The Hall–Kier alpha value is -2.39. The summed E-state index contributed by atoms with van der Waals surface area (Å²) >= 11 is 0. The predicted octanol–water partition coefficient (Wildman–Crippen LogP) is 3.40. The third-order valence-electron chi connectivity index (χ3n) is 3.16. The summed E-state index contributed by atoms with van der Waals surface area (Å²) in [5.74, 6) is 0.614. The van der Waals surface area contributed by atoms with Crippen LogP contribution in [0.5, 0.6) is 5.75 Å². The van der Waals surface area contributed by atoms with Gasteiger partial charge in [0.1, 0.15) is 5.75 Å². The molecule has 0 fully saturated rings. The molecule has 3 heteroatoms. The van der Waals surface area contributed by atoms with Gasteiger partial charge in [0.05, 0.1) is 13.2 Å². The average molecular weight is 282 g/mol. The van der Waals surface area contributed by atoms with E-state index in [2.05, 4.69) is 0 Å². The molecule has 0 aliphatic rings. The maximum absolute atomic E-state index is 11.9. The standard InChI is InChI=1S/C18H18O3/c1-21-17-11-8-15(9-12-17)18(20)13-16(19)10-7-14-5-3-2-4-6-14/h2-12,18,20H,13H2,1H3/b10-7+/t18-/m1/s1. The van der Waals surface area contributed by atoms with Crippen molar-refractivity contribution in [2.45, 2.75) is 12.5 Å². The molecule has 2 aromatic rings. The Morgan fingerprint density at radius 1 is 1.14 bits per heavy atom. The first kappa shape index (κ1) is 15.0. The SMILES string of the molecule is COc1ccc([C@H](O)CC(=O)/C=C/c2ccccc2)cc1. The third-order valence-corrected chi connectivity index (χ3v) is 3.16. The Kier molecular flexibility index (Phi) is 5.29. The minimum Gasteiger partial charge on any atom is -0.497 e. The zero-order valence-electron chi connectivity index (χ0n) is 11.9. The molecule has 0 heterocycles. The summed E-state index contributed by atoms with van der Waals surface area (Å²) < 4.78 is 5.06. The van der Waals surface area contributed by atoms with E-state index in [1.54, 1.807) is 37.5 Å². The lowest BCUT2D eigenvalue weighted by molar-refractivity contribution is -0.116. The second-order valence-electron chi connectivity index (χ2n) is 4.70. The number of ketones is 1. The van der Waals surface area contributed by atoms with Crippen LogP contribution in [0.2, 0.25) is 0 Å². The second kappa shape index (κ2) is 7.41. The van der Waals surface area contributed by atoms with Gasteiger partial charge >= 0.3 is 0 Å². The van der Waals surface area contributed by atoms with Crippen molar-refractivity contribution in [3.63, 3.8) is 0 Å². The molecule has 0 aliphatic carbocycles. The molecule has 0 aromatic heterocycles. The van der Waals surface area contributed by atoms with Gasteiger partial charge in [-0.1, -0.05) is 48.5 Å². The Morgan fingerprint density at radius 2 is 1.81 bits per heavy atom. The number of aliphatic hydroxyl groups is 1. The van der Waals surface area contributed by atoms with Gasteiger partial charge in [0.15, 0.2) is 5.78 Å². The van der Waals surface area contributed by atoms with Gasteiger partial charge in [-0.2, -0.15) is 0 Å². The third kappa shape index (κ3) is 4.58. The smallest absolute Gasteiger partial charge is 0.158 e. The molecule has 21 heavy (non-hydrogen) atoms. The molecule has 2 rings (SSSR count). The summed E-state index contributed by atoms with van der Waals surface area (Å²) in [6.45, 7) is 0. The van der Waals surface area contributed by atoms with Crippen LogP contribution in [0.1, 0.15) is 23.7 Å². The first-order chi connectivity index (χ1) is 10.2. The van der Waals surface area contributed by atoms with E-state index >= 15 is 0 Å². The van der Waals surface area contributed by atoms with Crippen LogP contribution in [-0.2, 0) is 4.79 Å². The quantitative estimate of drug-likeness (QED) is 0.826. The fourth-order valence-electron chi connectivity index (χ4n) is 1.96. The van der Waals surface area contributed by atoms with Crippen molar-refractivity contribution < 1.29 is 14.6 Å².